The van der Waals surface area contributed by atoms with Gasteiger partial charge in [-0.15, -0.1) is 0 Å². The highest BCUT2D eigenvalue weighted by Crippen LogP contribution is 2.21. The monoisotopic (exact) mass is 369 g/mol. The van der Waals surface area contributed by atoms with Gasteiger partial charge in [0.05, 0.1) is 23.8 Å². The molecule has 142 valence electrons. The standard InChI is InChI=1S/C21H23NO5/c1-3-16(15-10-6-5-7-11-15)20(24)27-14-19(23)22-18-13-9-8-12-17(18)21(25)26-4-2/h5-13,16H,3-4,14H2,1-2H3,(H,22,23)/t16-/m1/s1. The molecule has 0 aliphatic carbocycles. The van der Waals surface area contributed by atoms with Crippen LogP contribution in [0.1, 0.15) is 42.1 Å². The van der Waals surface area contributed by atoms with Crippen molar-refractivity contribution in [1.82, 2.24) is 0 Å². The van der Waals surface area contributed by atoms with Crippen LogP contribution in [0.4, 0.5) is 5.69 Å². The molecule has 6 nitrogen and oxygen atoms in total. The molecule has 0 bridgehead atoms. The van der Waals surface area contributed by atoms with Crippen molar-refractivity contribution in [2.45, 2.75) is 26.2 Å². The molecular formula is C21H23NO5. The first-order valence-electron chi connectivity index (χ1n) is 8.84. The lowest BCUT2D eigenvalue weighted by Crippen LogP contribution is -2.24. The Bertz CT molecular complexity index is 788. The number of benzene rings is 2. The number of ether oxygens (including phenoxy) is 2. The fourth-order valence-electron chi connectivity index (χ4n) is 2.63. The molecule has 0 aliphatic heterocycles. The molecule has 0 unspecified atom stereocenters. The third-order valence-electron chi connectivity index (χ3n) is 3.94. The van der Waals surface area contributed by atoms with Crippen molar-refractivity contribution < 1.29 is 23.9 Å². The lowest BCUT2D eigenvalue weighted by Gasteiger charge is -2.15. The molecule has 27 heavy (non-hydrogen) atoms. The minimum absolute atomic E-state index is 0.233. The van der Waals surface area contributed by atoms with E-state index in [4.69, 9.17) is 9.47 Å². The van der Waals surface area contributed by atoms with Gasteiger partial charge in [0.2, 0.25) is 0 Å². The van der Waals surface area contributed by atoms with Gasteiger partial charge in [0, 0.05) is 0 Å². The molecular weight excluding hydrogens is 346 g/mol. The van der Waals surface area contributed by atoms with Gasteiger partial charge in [0.25, 0.3) is 5.91 Å². The number of carbonyl (C=O) groups excluding carboxylic acids is 3. The van der Waals surface area contributed by atoms with Crippen LogP contribution in [0.15, 0.2) is 54.6 Å². The van der Waals surface area contributed by atoms with Crippen molar-refractivity contribution in [3.05, 3.63) is 65.7 Å². The van der Waals surface area contributed by atoms with Crippen LogP contribution in [0.2, 0.25) is 0 Å². The van der Waals surface area contributed by atoms with E-state index in [9.17, 15) is 14.4 Å². The first-order chi connectivity index (χ1) is 13.1. The average molecular weight is 369 g/mol. The van der Waals surface area contributed by atoms with Crippen LogP contribution in [0.25, 0.3) is 0 Å². The number of hydrogen-bond acceptors (Lipinski definition) is 5. The zero-order valence-corrected chi connectivity index (χ0v) is 15.4. The van der Waals surface area contributed by atoms with Crippen LogP contribution >= 0.6 is 0 Å². The Morgan fingerprint density at radius 3 is 2.26 bits per heavy atom. The SMILES string of the molecule is CCOC(=O)c1ccccc1NC(=O)COC(=O)[C@H](CC)c1ccccc1. The summed E-state index contributed by atoms with van der Waals surface area (Å²) in [5, 5.41) is 2.58. The summed E-state index contributed by atoms with van der Waals surface area (Å²) in [5.41, 5.74) is 1.40. The predicted octanol–water partition coefficient (Wildman–Crippen LogP) is 3.54. The van der Waals surface area contributed by atoms with Crippen molar-refractivity contribution in [3.63, 3.8) is 0 Å². The van der Waals surface area contributed by atoms with Gasteiger partial charge in [-0.2, -0.15) is 0 Å². The van der Waals surface area contributed by atoms with Crippen LogP contribution in [-0.2, 0) is 19.1 Å². The molecule has 0 aliphatic rings. The maximum absolute atomic E-state index is 12.3. The van der Waals surface area contributed by atoms with Gasteiger partial charge in [0.15, 0.2) is 6.61 Å². The van der Waals surface area contributed by atoms with E-state index in [1.807, 2.05) is 37.3 Å². The maximum atomic E-state index is 12.3. The average Bonchev–Trinajstić information content (AvgIpc) is 2.68. The van der Waals surface area contributed by atoms with Crippen molar-refractivity contribution >= 4 is 23.5 Å². The molecule has 2 aromatic rings. The second-order valence-electron chi connectivity index (χ2n) is 5.79. The van der Waals surface area contributed by atoms with Gasteiger partial charge >= 0.3 is 11.9 Å². The molecule has 0 fully saturated rings. The molecule has 0 heterocycles. The van der Waals surface area contributed by atoms with E-state index < -0.39 is 30.4 Å². The zero-order valence-electron chi connectivity index (χ0n) is 15.4. The summed E-state index contributed by atoms with van der Waals surface area (Å²) in [6, 6.07) is 15.8. The van der Waals surface area contributed by atoms with Gasteiger partial charge in [0.1, 0.15) is 0 Å². The molecule has 0 radical (unpaired) electrons. The van der Waals surface area contributed by atoms with E-state index in [2.05, 4.69) is 5.32 Å². The van der Waals surface area contributed by atoms with Crippen molar-refractivity contribution in [2.75, 3.05) is 18.5 Å². The molecule has 0 aromatic heterocycles. The molecule has 6 heteroatoms. The van der Waals surface area contributed by atoms with Crippen LogP contribution in [0, 0.1) is 0 Å². The van der Waals surface area contributed by atoms with Crippen LogP contribution < -0.4 is 5.32 Å². The highest BCUT2D eigenvalue weighted by Gasteiger charge is 2.21. The Hall–Kier alpha value is -3.15. The Morgan fingerprint density at radius 1 is 0.926 bits per heavy atom. The van der Waals surface area contributed by atoms with E-state index >= 15 is 0 Å². The number of hydrogen-bond donors (Lipinski definition) is 1. The van der Waals surface area contributed by atoms with Gasteiger partial charge in [-0.1, -0.05) is 49.4 Å². The van der Waals surface area contributed by atoms with Crippen LogP contribution in [0.5, 0.6) is 0 Å². The second kappa shape index (κ2) is 10.1. The number of carbonyl (C=O) groups is 3. The minimum Gasteiger partial charge on any atom is -0.462 e. The highest BCUT2D eigenvalue weighted by atomic mass is 16.5. The molecule has 2 aromatic carbocycles. The highest BCUT2D eigenvalue weighted by molar-refractivity contribution is 6.02. The summed E-state index contributed by atoms with van der Waals surface area (Å²) in [7, 11) is 0. The smallest absolute Gasteiger partial charge is 0.340 e. The fraction of sp³-hybridized carbons (Fsp3) is 0.286. The first-order valence-corrected chi connectivity index (χ1v) is 8.84. The van der Waals surface area contributed by atoms with Crippen molar-refractivity contribution in [1.29, 1.82) is 0 Å². The first kappa shape index (κ1) is 20.2. The largest absolute Gasteiger partial charge is 0.462 e. The molecule has 0 saturated carbocycles. The Morgan fingerprint density at radius 2 is 1.59 bits per heavy atom. The van der Waals surface area contributed by atoms with E-state index in [0.29, 0.717) is 12.1 Å². The van der Waals surface area contributed by atoms with Gasteiger partial charge in [-0.25, -0.2) is 4.79 Å². The molecule has 0 spiro atoms. The van der Waals surface area contributed by atoms with Gasteiger partial charge < -0.3 is 14.8 Å². The normalized spacial score (nSPS) is 11.3. The summed E-state index contributed by atoms with van der Waals surface area (Å²) < 4.78 is 10.1. The van der Waals surface area contributed by atoms with Crippen molar-refractivity contribution in [2.24, 2.45) is 0 Å². The van der Waals surface area contributed by atoms with E-state index in [1.54, 1.807) is 31.2 Å². The number of rotatable bonds is 8. The molecule has 2 rings (SSSR count). The number of para-hydroxylation sites is 1. The third kappa shape index (κ3) is 5.67. The lowest BCUT2D eigenvalue weighted by molar-refractivity contribution is -0.149. The Kier molecular flexibility index (Phi) is 7.55. The van der Waals surface area contributed by atoms with Crippen LogP contribution in [-0.4, -0.2) is 31.1 Å². The topological polar surface area (TPSA) is 81.7 Å². The fourth-order valence-corrected chi connectivity index (χ4v) is 2.63. The quantitative estimate of drug-likeness (QED) is 0.720. The van der Waals surface area contributed by atoms with E-state index in [0.717, 1.165) is 5.56 Å². The zero-order chi connectivity index (χ0) is 19.6. The maximum Gasteiger partial charge on any atom is 0.340 e. The summed E-state index contributed by atoms with van der Waals surface area (Å²) in [6.45, 7) is 3.39. The Balaban J connectivity index is 1.97. The predicted molar refractivity (Wildman–Crippen MR) is 101 cm³/mol. The summed E-state index contributed by atoms with van der Waals surface area (Å²) in [5.74, 6) is -1.94. The lowest BCUT2D eigenvalue weighted by atomic mass is 9.97. The number of amides is 1. The molecule has 0 saturated heterocycles. The van der Waals surface area contributed by atoms with Gasteiger partial charge in [-0.05, 0) is 31.0 Å². The van der Waals surface area contributed by atoms with Crippen molar-refractivity contribution in [3.8, 4) is 0 Å². The number of nitrogens with one attached hydrogen (secondary N) is 1. The van der Waals surface area contributed by atoms with Gasteiger partial charge in [-0.3, -0.25) is 9.59 Å². The van der Waals surface area contributed by atoms with Crippen LogP contribution in [0.3, 0.4) is 0 Å². The summed E-state index contributed by atoms with van der Waals surface area (Å²) >= 11 is 0. The Labute approximate surface area is 158 Å². The van der Waals surface area contributed by atoms with E-state index in [-0.39, 0.29) is 12.2 Å². The molecule has 1 amide bonds. The second-order valence-corrected chi connectivity index (χ2v) is 5.79. The molecule has 1 atom stereocenters. The molecule has 1 N–H and O–H groups in total. The summed E-state index contributed by atoms with van der Waals surface area (Å²) in [4.78, 5) is 36.4. The number of esters is 2. The summed E-state index contributed by atoms with van der Waals surface area (Å²) in [6.07, 6.45) is 0.566. The van der Waals surface area contributed by atoms with E-state index in [1.165, 1.54) is 0 Å². The number of anilines is 1. The minimum atomic E-state index is -0.527. The third-order valence-corrected chi connectivity index (χ3v) is 3.94.